The van der Waals surface area contributed by atoms with Gasteiger partial charge in [-0.25, -0.2) is 8.42 Å². The Hall–Kier alpha value is -0.0500. The van der Waals surface area contributed by atoms with Gasteiger partial charge in [0.15, 0.2) is 0 Å². The lowest BCUT2D eigenvalue weighted by molar-refractivity contribution is 0.463. The van der Waals surface area contributed by atoms with Gasteiger partial charge in [-0.2, -0.15) is 0 Å². The second kappa shape index (κ2) is 3.37. The van der Waals surface area contributed by atoms with E-state index in [1.165, 1.54) is 6.26 Å². The van der Waals surface area contributed by atoms with Crippen molar-refractivity contribution in [3.8, 4) is 0 Å². The molecule has 0 unspecified atom stereocenters. The molecule has 0 aromatic carbocycles. The summed E-state index contributed by atoms with van der Waals surface area (Å²) in [7, 11) is -2.78. The lowest BCUT2D eigenvalue weighted by Crippen LogP contribution is -2.19. The van der Waals surface area contributed by atoms with E-state index in [0.29, 0.717) is 0 Å². The van der Waals surface area contributed by atoms with Crippen molar-refractivity contribution in [3.63, 3.8) is 0 Å². The van der Waals surface area contributed by atoms with Crippen LogP contribution in [0.15, 0.2) is 0 Å². The highest BCUT2D eigenvalue weighted by Gasteiger charge is 2.16. The van der Waals surface area contributed by atoms with Gasteiger partial charge in [-0.05, 0) is 5.41 Å². The Morgan fingerprint density at radius 1 is 1.20 bits per heavy atom. The van der Waals surface area contributed by atoms with Crippen molar-refractivity contribution in [1.29, 1.82) is 0 Å². The molecule has 0 aliphatic heterocycles. The lowest BCUT2D eigenvalue weighted by atomic mass is 10.0. The summed E-state index contributed by atoms with van der Waals surface area (Å²) in [5, 5.41) is 0. The number of hydrogen-bond donors (Lipinski definition) is 0. The van der Waals surface area contributed by atoms with Crippen LogP contribution in [0, 0.1) is 5.41 Å². The molecule has 0 heterocycles. The van der Waals surface area contributed by atoms with Gasteiger partial charge in [0.1, 0.15) is 9.84 Å². The van der Waals surface area contributed by atoms with Crippen molar-refractivity contribution < 1.29 is 8.42 Å². The standard InChI is InChI=1S/C6H14O2S.CH4/c1-6(2,3)5-9(4,7)8;/h5H2,1-4H3;1H4. The molecule has 0 aromatic rings. The zero-order valence-electron chi connectivity index (χ0n) is 6.43. The molecule has 2 nitrogen and oxygen atoms in total. The summed E-state index contributed by atoms with van der Waals surface area (Å²) in [6.45, 7) is 5.73. The lowest BCUT2D eigenvalue weighted by Gasteiger charge is -2.15. The van der Waals surface area contributed by atoms with E-state index in [1.54, 1.807) is 0 Å². The smallest absolute Gasteiger partial charge is 0.147 e. The van der Waals surface area contributed by atoms with Crippen LogP contribution < -0.4 is 0 Å². The van der Waals surface area contributed by atoms with Gasteiger partial charge in [0.2, 0.25) is 0 Å². The molecule has 0 aromatic heterocycles. The van der Waals surface area contributed by atoms with Crippen LogP contribution in [0.4, 0.5) is 0 Å². The topological polar surface area (TPSA) is 34.1 Å². The summed E-state index contributed by atoms with van der Waals surface area (Å²) in [6.07, 6.45) is 1.26. The molecule has 0 saturated heterocycles. The molecule has 0 bridgehead atoms. The maximum Gasteiger partial charge on any atom is 0.147 e. The Balaban J connectivity index is 0. The minimum atomic E-state index is -2.78. The normalized spacial score (nSPS) is 12.4. The zero-order valence-corrected chi connectivity index (χ0v) is 7.25. The molecular formula is C7H18O2S. The van der Waals surface area contributed by atoms with Crippen LogP contribution in [0.3, 0.4) is 0 Å². The molecule has 0 fully saturated rings. The molecule has 0 atom stereocenters. The molecule has 0 amide bonds. The molecule has 0 spiro atoms. The molecule has 3 heteroatoms. The second-order valence-corrected chi connectivity index (χ2v) is 5.77. The summed E-state index contributed by atoms with van der Waals surface area (Å²) >= 11 is 0. The predicted octanol–water partition coefficient (Wildman–Crippen LogP) is 1.71. The van der Waals surface area contributed by atoms with Gasteiger partial charge in [-0.3, -0.25) is 0 Å². The third-order valence-corrected chi connectivity index (χ3v) is 2.09. The molecular weight excluding hydrogens is 148 g/mol. The minimum Gasteiger partial charge on any atom is -0.229 e. The zero-order chi connectivity index (χ0) is 7.71. The quantitative estimate of drug-likeness (QED) is 0.594. The fourth-order valence-electron chi connectivity index (χ4n) is 0.787. The highest BCUT2D eigenvalue weighted by Crippen LogP contribution is 2.14. The monoisotopic (exact) mass is 166 g/mol. The van der Waals surface area contributed by atoms with Crippen molar-refractivity contribution in [2.75, 3.05) is 12.0 Å². The first-order valence-electron chi connectivity index (χ1n) is 2.88. The Morgan fingerprint density at radius 2 is 1.50 bits per heavy atom. The number of rotatable bonds is 1. The highest BCUT2D eigenvalue weighted by atomic mass is 32.2. The van der Waals surface area contributed by atoms with E-state index in [9.17, 15) is 8.42 Å². The molecule has 0 aliphatic carbocycles. The van der Waals surface area contributed by atoms with Crippen molar-refractivity contribution in [3.05, 3.63) is 0 Å². The van der Waals surface area contributed by atoms with Gasteiger partial charge >= 0.3 is 0 Å². The predicted molar refractivity (Wildman–Crippen MR) is 45.9 cm³/mol. The van der Waals surface area contributed by atoms with Gasteiger partial charge in [-0.1, -0.05) is 28.2 Å². The van der Waals surface area contributed by atoms with Crippen LogP contribution >= 0.6 is 0 Å². The fourth-order valence-corrected chi connectivity index (χ4v) is 2.36. The third-order valence-electron chi connectivity index (χ3n) is 0.695. The van der Waals surface area contributed by atoms with Crippen LogP contribution in [0.2, 0.25) is 0 Å². The van der Waals surface area contributed by atoms with Gasteiger partial charge in [0, 0.05) is 6.26 Å². The van der Waals surface area contributed by atoms with Gasteiger partial charge in [-0.15, -0.1) is 0 Å². The molecule has 0 radical (unpaired) electrons. The summed E-state index contributed by atoms with van der Waals surface area (Å²) in [4.78, 5) is 0. The first kappa shape index (κ1) is 12.6. The second-order valence-electron chi connectivity index (χ2n) is 3.63. The third kappa shape index (κ3) is 10.8. The van der Waals surface area contributed by atoms with E-state index in [1.807, 2.05) is 20.8 Å². The molecule has 0 aliphatic rings. The van der Waals surface area contributed by atoms with Gasteiger partial charge in [0.05, 0.1) is 5.75 Å². The summed E-state index contributed by atoms with van der Waals surface area (Å²) in [5.41, 5.74) is -0.104. The first-order valence-corrected chi connectivity index (χ1v) is 4.94. The van der Waals surface area contributed by atoms with Crippen molar-refractivity contribution >= 4 is 9.84 Å². The molecule has 10 heavy (non-hydrogen) atoms. The molecule has 0 rings (SSSR count). The van der Waals surface area contributed by atoms with Crippen LogP contribution in [-0.2, 0) is 9.84 Å². The minimum absolute atomic E-state index is 0. The number of sulfone groups is 1. The summed E-state index contributed by atoms with van der Waals surface area (Å²) < 4.78 is 21.3. The van der Waals surface area contributed by atoms with E-state index in [4.69, 9.17) is 0 Å². The Labute approximate surface area is 64.6 Å². The average molecular weight is 166 g/mol. The highest BCUT2D eigenvalue weighted by molar-refractivity contribution is 7.90. The molecule has 64 valence electrons. The Morgan fingerprint density at radius 3 is 1.50 bits per heavy atom. The number of hydrogen-bond acceptors (Lipinski definition) is 2. The van der Waals surface area contributed by atoms with Crippen LogP contribution in [-0.4, -0.2) is 20.4 Å². The van der Waals surface area contributed by atoms with Gasteiger partial charge in [0.25, 0.3) is 0 Å². The first-order chi connectivity index (χ1) is 3.71. The Kier molecular flexibility index (Phi) is 4.25. The van der Waals surface area contributed by atoms with Crippen LogP contribution in [0.5, 0.6) is 0 Å². The SMILES string of the molecule is C.CC(C)(C)CS(C)(=O)=O. The van der Waals surface area contributed by atoms with Crippen molar-refractivity contribution in [1.82, 2.24) is 0 Å². The van der Waals surface area contributed by atoms with Gasteiger partial charge < -0.3 is 0 Å². The summed E-state index contributed by atoms with van der Waals surface area (Å²) in [5.74, 6) is 0.264. The van der Waals surface area contributed by atoms with E-state index < -0.39 is 9.84 Å². The summed E-state index contributed by atoms with van der Waals surface area (Å²) in [6, 6.07) is 0. The maximum atomic E-state index is 10.6. The van der Waals surface area contributed by atoms with E-state index in [-0.39, 0.29) is 18.6 Å². The maximum absolute atomic E-state index is 10.6. The van der Waals surface area contributed by atoms with Crippen LogP contribution in [0.25, 0.3) is 0 Å². The van der Waals surface area contributed by atoms with E-state index in [2.05, 4.69) is 0 Å². The fraction of sp³-hybridized carbons (Fsp3) is 1.00. The van der Waals surface area contributed by atoms with E-state index in [0.717, 1.165) is 0 Å². The largest absolute Gasteiger partial charge is 0.229 e. The molecule has 0 N–H and O–H groups in total. The Bertz CT molecular complexity index is 172. The molecule has 0 saturated carbocycles. The average Bonchev–Trinajstić information content (AvgIpc) is 1.14. The van der Waals surface area contributed by atoms with E-state index >= 15 is 0 Å². The van der Waals surface area contributed by atoms with Crippen molar-refractivity contribution in [2.45, 2.75) is 28.2 Å². The van der Waals surface area contributed by atoms with Crippen molar-refractivity contribution in [2.24, 2.45) is 5.41 Å². The van der Waals surface area contributed by atoms with Crippen LogP contribution in [0.1, 0.15) is 28.2 Å².